The van der Waals surface area contributed by atoms with Crippen LogP contribution in [0.1, 0.15) is 73.1 Å². The van der Waals surface area contributed by atoms with Gasteiger partial charge in [-0.3, -0.25) is 4.79 Å². The van der Waals surface area contributed by atoms with Crippen molar-refractivity contribution in [2.45, 2.75) is 73.1 Å². The summed E-state index contributed by atoms with van der Waals surface area (Å²) in [4.78, 5) is 10.7. The van der Waals surface area contributed by atoms with Crippen molar-refractivity contribution in [2.75, 3.05) is 0 Å². The molecule has 22 heavy (non-hydrogen) atoms. The molecule has 0 aromatic rings. The Balaban J connectivity index is 4.01. The number of rotatable bonds is 10. The molecule has 0 rings (SSSR count). The summed E-state index contributed by atoms with van der Waals surface area (Å²) in [5.74, 6) is -0.355. The molecule has 0 saturated carbocycles. The number of primary amides is 1. The second-order valence-corrected chi connectivity index (χ2v) is 6.39. The second kappa shape index (κ2) is 12.0. The molecule has 124 valence electrons. The summed E-state index contributed by atoms with van der Waals surface area (Å²) in [5, 5.41) is 0. The van der Waals surface area contributed by atoms with Crippen LogP contribution >= 0.6 is 0 Å². The van der Waals surface area contributed by atoms with Gasteiger partial charge in [-0.05, 0) is 73.1 Å². The average Bonchev–Trinajstić information content (AvgIpc) is 2.37. The van der Waals surface area contributed by atoms with Crippen LogP contribution in [0.3, 0.4) is 0 Å². The Hall–Kier alpha value is -1.57. The van der Waals surface area contributed by atoms with E-state index in [1.807, 2.05) is 6.92 Å². The molecule has 0 saturated heterocycles. The highest BCUT2D eigenvalue weighted by molar-refractivity contribution is 5.86. The molecular weight excluding hydrogens is 270 g/mol. The van der Waals surface area contributed by atoms with Gasteiger partial charge in [0.05, 0.1) is 0 Å². The van der Waals surface area contributed by atoms with E-state index >= 15 is 0 Å². The maximum Gasteiger partial charge on any atom is 0.241 e. The lowest BCUT2D eigenvalue weighted by atomic mass is 10.0. The van der Waals surface area contributed by atoms with Crippen molar-refractivity contribution in [3.05, 3.63) is 46.6 Å². The molecule has 0 heterocycles. The smallest absolute Gasteiger partial charge is 0.241 e. The zero-order valence-corrected chi connectivity index (χ0v) is 15.0. The number of carbonyl (C=O) groups is 1. The van der Waals surface area contributed by atoms with Crippen molar-refractivity contribution < 1.29 is 4.79 Å². The largest absolute Gasteiger partial charge is 0.366 e. The fraction of sp³-hybridized carbons (Fsp3) is 0.550. The van der Waals surface area contributed by atoms with Gasteiger partial charge in [-0.2, -0.15) is 0 Å². The third kappa shape index (κ3) is 13.4. The van der Waals surface area contributed by atoms with E-state index in [0.29, 0.717) is 0 Å². The summed E-state index contributed by atoms with van der Waals surface area (Å²) >= 11 is 0. The Morgan fingerprint density at radius 3 is 1.55 bits per heavy atom. The first-order valence-corrected chi connectivity index (χ1v) is 8.22. The zero-order valence-electron chi connectivity index (χ0n) is 15.0. The first kappa shape index (κ1) is 20.4. The molecule has 2 N–H and O–H groups in total. The number of carbonyl (C=O) groups excluding carboxylic acids is 1. The Kier molecular flexibility index (Phi) is 11.2. The first-order valence-electron chi connectivity index (χ1n) is 8.22. The van der Waals surface area contributed by atoms with Gasteiger partial charge in [0.15, 0.2) is 0 Å². The van der Waals surface area contributed by atoms with E-state index in [1.54, 1.807) is 0 Å². The predicted octanol–water partition coefficient (Wildman–Crippen LogP) is 5.62. The number of nitrogens with two attached hydrogens (primary N) is 1. The summed E-state index contributed by atoms with van der Waals surface area (Å²) in [7, 11) is 0. The molecule has 2 nitrogen and oxygen atoms in total. The molecule has 0 spiro atoms. The highest BCUT2D eigenvalue weighted by Gasteiger charge is 1.94. The van der Waals surface area contributed by atoms with Crippen LogP contribution in [-0.2, 0) is 4.79 Å². The molecular formula is C20H33NO. The predicted molar refractivity (Wildman–Crippen MR) is 97.6 cm³/mol. The fourth-order valence-corrected chi connectivity index (χ4v) is 2.20. The molecule has 0 aliphatic rings. The van der Waals surface area contributed by atoms with Crippen molar-refractivity contribution >= 4 is 5.91 Å². The molecule has 0 bridgehead atoms. The van der Waals surface area contributed by atoms with Gasteiger partial charge in [0.2, 0.25) is 5.91 Å². The molecule has 1 amide bonds. The van der Waals surface area contributed by atoms with Gasteiger partial charge in [-0.25, -0.2) is 0 Å². The summed E-state index contributed by atoms with van der Waals surface area (Å²) in [6.45, 7) is 10.6. The maximum atomic E-state index is 10.7. The minimum absolute atomic E-state index is 0.355. The minimum atomic E-state index is -0.355. The average molecular weight is 303 g/mol. The van der Waals surface area contributed by atoms with E-state index in [0.717, 1.165) is 44.1 Å². The molecule has 0 unspecified atom stereocenters. The quantitative estimate of drug-likeness (QED) is 0.413. The normalized spacial score (nSPS) is 13.2. The van der Waals surface area contributed by atoms with Crippen LogP contribution in [0.4, 0.5) is 0 Å². The van der Waals surface area contributed by atoms with Crippen LogP contribution < -0.4 is 5.73 Å². The fourth-order valence-electron chi connectivity index (χ4n) is 2.20. The van der Waals surface area contributed by atoms with Crippen molar-refractivity contribution in [2.24, 2.45) is 5.73 Å². The molecule has 0 atom stereocenters. The van der Waals surface area contributed by atoms with E-state index in [1.165, 1.54) is 22.8 Å². The molecule has 0 aromatic heterocycles. The standard InChI is InChI=1S/C20H33NO/c1-16(2)9-6-10-17(3)11-7-12-18(4)13-8-14-19(5)15-20(21)22/h9,11,13,15H,6-8,10,12,14H2,1-5H3,(H2,21,22). The first-order chi connectivity index (χ1) is 10.3. The topological polar surface area (TPSA) is 43.1 Å². The second-order valence-electron chi connectivity index (χ2n) is 6.39. The molecule has 2 heteroatoms. The zero-order chi connectivity index (χ0) is 17.0. The van der Waals surface area contributed by atoms with E-state index < -0.39 is 0 Å². The van der Waals surface area contributed by atoms with Crippen LogP contribution in [-0.4, -0.2) is 5.91 Å². The number of amides is 1. The Bertz CT molecular complexity index is 460. The Morgan fingerprint density at radius 1 is 0.727 bits per heavy atom. The molecule has 0 radical (unpaired) electrons. The molecule has 0 aromatic carbocycles. The van der Waals surface area contributed by atoms with Crippen LogP contribution in [0.25, 0.3) is 0 Å². The monoisotopic (exact) mass is 303 g/mol. The summed E-state index contributed by atoms with van der Waals surface area (Å²) in [6, 6.07) is 0. The summed E-state index contributed by atoms with van der Waals surface area (Å²) in [6.07, 6.45) is 14.8. The maximum absolute atomic E-state index is 10.7. The van der Waals surface area contributed by atoms with Crippen LogP contribution in [0.5, 0.6) is 0 Å². The van der Waals surface area contributed by atoms with E-state index in [2.05, 4.69) is 45.9 Å². The molecule has 0 aliphatic heterocycles. The summed E-state index contributed by atoms with van der Waals surface area (Å²) in [5.41, 5.74) is 10.5. The van der Waals surface area contributed by atoms with E-state index in [-0.39, 0.29) is 5.91 Å². The van der Waals surface area contributed by atoms with Gasteiger partial charge in [0.25, 0.3) is 0 Å². The van der Waals surface area contributed by atoms with Crippen molar-refractivity contribution in [1.29, 1.82) is 0 Å². The Labute approximate surface area is 136 Å². The van der Waals surface area contributed by atoms with Gasteiger partial charge in [0, 0.05) is 6.08 Å². The highest BCUT2D eigenvalue weighted by atomic mass is 16.1. The molecule has 0 aliphatic carbocycles. The van der Waals surface area contributed by atoms with Crippen LogP contribution in [0, 0.1) is 0 Å². The van der Waals surface area contributed by atoms with Gasteiger partial charge in [-0.1, -0.05) is 40.5 Å². The van der Waals surface area contributed by atoms with Gasteiger partial charge in [0.1, 0.15) is 0 Å². The lowest BCUT2D eigenvalue weighted by Gasteiger charge is -2.02. The lowest BCUT2D eigenvalue weighted by molar-refractivity contribution is -0.113. The van der Waals surface area contributed by atoms with E-state index in [9.17, 15) is 4.79 Å². The van der Waals surface area contributed by atoms with E-state index in [4.69, 9.17) is 5.73 Å². The SMILES string of the molecule is CC(C)=CCCC(C)=CCCC(C)=CCCC(C)=CC(N)=O. The minimum Gasteiger partial charge on any atom is -0.366 e. The lowest BCUT2D eigenvalue weighted by Crippen LogP contribution is -2.06. The van der Waals surface area contributed by atoms with Crippen LogP contribution in [0.2, 0.25) is 0 Å². The molecule has 0 fully saturated rings. The van der Waals surface area contributed by atoms with Gasteiger partial charge in [-0.15, -0.1) is 0 Å². The summed E-state index contributed by atoms with van der Waals surface area (Å²) < 4.78 is 0. The van der Waals surface area contributed by atoms with Gasteiger partial charge < -0.3 is 5.73 Å². The number of hydrogen-bond acceptors (Lipinski definition) is 1. The van der Waals surface area contributed by atoms with Crippen molar-refractivity contribution in [1.82, 2.24) is 0 Å². The third-order valence-electron chi connectivity index (χ3n) is 3.54. The third-order valence-corrected chi connectivity index (χ3v) is 3.54. The van der Waals surface area contributed by atoms with Gasteiger partial charge >= 0.3 is 0 Å². The van der Waals surface area contributed by atoms with Crippen molar-refractivity contribution in [3.63, 3.8) is 0 Å². The number of hydrogen-bond donors (Lipinski definition) is 1. The number of allylic oxidation sites excluding steroid dienone is 7. The highest BCUT2D eigenvalue weighted by Crippen LogP contribution is 2.13. The Morgan fingerprint density at radius 2 is 1.14 bits per heavy atom. The van der Waals surface area contributed by atoms with Crippen LogP contribution in [0.15, 0.2) is 46.6 Å². The van der Waals surface area contributed by atoms with Crippen molar-refractivity contribution in [3.8, 4) is 0 Å².